The lowest BCUT2D eigenvalue weighted by Gasteiger charge is -2.42. The van der Waals surface area contributed by atoms with Gasteiger partial charge in [-0.2, -0.15) is 0 Å². The largest absolute Gasteiger partial charge is 0.490 e. The second-order valence-corrected chi connectivity index (χ2v) is 8.60. The number of fused-ring (bicyclic) bond motifs is 2. The number of anilines is 2. The van der Waals surface area contributed by atoms with E-state index in [4.69, 9.17) is 9.47 Å². The van der Waals surface area contributed by atoms with Crippen LogP contribution in [-0.4, -0.2) is 61.2 Å². The number of hydrogen-bond acceptors (Lipinski definition) is 5. The molecule has 35 heavy (non-hydrogen) atoms. The average Bonchev–Trinajstić information content (AvgIpc) is 2.83. The van der Waals surface area contributed by atoms with Crippen LogP contribution in [0.25, 0.3) is 0 Å². The number of carbonyl (C=O) groups is 3. The van der Waals surface area contributed by atoms with Crippen molar-refractivity contribution in [3.8, 4) is 5.75 Å². The van der Waals surface area contributed by atoms with E-state index in [1.807, 2.05) is 6.92 Å². The van der Waals surface area contributed by atoms with Crippen LogP contribution in [0, 0.1) is 5.82 Å². The summed E-state index contributed by atoms with van der Waals surface area (Å²) in [5, 5.41) is 7.93. The Labute approximate surface area is 203 Å². The molecule has 3 atom stereocenters. The summed E-state index contributed by atoms with van der Waals surface area (Å²) in [6.45, 7) is 2.50. The third kappa shape index (κ3) is 5.71. The first-order valence-corrected chi connectivity index (χ1v) is 11.6. The molecule has 10 heteroatoms. The standard InChI is InChI=1S/C25H29FN4O5/c1-3-27-25(33)28-15-8-11-21-17(12-15)24(32)30(2)20-10-9-16(35-22(20)14-34-21)13-23(31)29-19-7-5-4-6-18(19)26/h4-8,11-12,16,20,22H,3,9-10,13-14H2,1-2H3,(H,29,31)(H2,27,28,33)/t16-,20+,22-/m1/s1. The quantitative estimate of drug-likeness (QED) is 0.603. The number of para-hydroxylation sites is 1. The second kappa shape index (κ2) is 10.7. The summed E-state index contributed by atoms with van der Waals surface area (Å²) < 4.78 is 25.9. The van der Waals surface area contributed by atoms with Crippen LogP contribution in [0.3, 0.4) is 0 Å². The molecular weight excluding hydrogens is 455 g/mol. The molecule has 3 N–H and O–H groups in total. The van der Waals surface area contributed by atoms with Crippen LogP contribution in [0.15, 0.2) is 42.5 Å². The minimum absolute atomic E-state index is 0.0701. The average molecular weight is 485 g/mol. The predicted octanol–water partition coefficient (Wildman–Crippen LogP) is 3.38. The van der Waals surface area contributed by atoms with Gasteiger partial charge in [0.25, 0.3) is 5.91 Å². The van der Waals surface area contributed by atoms with E-state index >= 15 is 0 Å². The highest BCUT2D eigenvalue weighted by atomic mass is 19.1. The van der Waals surface area contributed by atoms with E-state index in [1.165, 1.54) is 12.1 Å². The number of hydrogen-bond donors (Lipinski definition) is 3. The molecule has 2 aliphatic heterocycles. The van der Waals surface area contributed by atoms with Gasteiger partial charge in [-0.15, -0.1) is 0 Å². The summed E-state index contributed by atoms with van der Waals surface area (Å²) in [4.78, 5) is 39.2. The number of halogens is 1. The number of benzene rings is 2. The van der Waals surface area contributed by atoms with Crippen LogP contribution >= 0.6 is 0 Å². The number of nitrogens with zero attached hydrogens (tertiary/aromatic N) is 1. The molecular formula is C25H29FN4O5. The van der Waals surface area contributed by atoms with Crippen LogP contribution in [0.5, 0.6) is 5.75 Å². The number of ether oxygens (including phenoxy) is 2. The molecule has 0 aliphatic carbocycles. The van der Waals surface area contributed by atoms with Crippen LogP contribution < -0.4 is 20.7 Å². The molecule has 0 bridgehead atoms. The number of amides is 4. The van der Waals surface area contributed by atoms with Crippen molar-refractivity contribution >= 4 is 29.2 Å². The smallest absolute Gasteiger partial charge is 0.319 e. The Bertz CT molecular complexity index is 1110. The zero-order valence-corrected chi connectivity index (χ0v) is 19.7. The van der Waals surface area contributed by atoms with Gasteiger partial charge in [0, 0.05) is 19.3 Å². The van der Waals surface area contributed by atoms with Crippen molar-refractivity contribution in [2.45, 2.75) is 44.4 Å². The minimum atomic E-state index is -0.498. The molecule has 0 unspecified atom stereocenters. The van der Waals surface area contributed by atoms with Crippen LogP contribution in [-0.2, 0) is 9.53 Å². The van der Waals surface area contributed by atoms with Gasteiger partial charge < -0.3 is 30.3 Å². The molecule has 186 valence electrons. The molecule has 1 saturated heterocycles. The Morgan fingerprint density at radius 2 is 1.94 bits per heavy atom. The SMILES string of the molecule is CCNC(=O)Nc1ccc2c(c1)C(=O)N(C)[C@H]1CC[C@H](CC(=O)Nc3ccccc3F)O[C@@H]1CO2. The lowest BCUT2D eigenvalue weighted by atomic mass is 9.94. The van der Waals surface area contributed by atoms with Crippen molar-refractivity contribution < 1.29 is 28.2 Å². The van der Waals surface area contributed by atoms with E-state index in [9.17, 15) is 18.8 Å². The Hall–Kier alpha value is -3.66. The maximum atomic E-state index is 13.8. The van der Waals surface area contributed by atoms with Crippen molar-refractivity contribution in [1.82, 2.24) is 10.2 Å². The van der Waals surface area contributed by atoms with Gasteiger partial charge in [-0.05, 0) is 50.1 Å². The van der Waals surface area contributed by atoms with Gasteiger partial charge in [-0.25, -0.2) is 9.18 Å². The van der Waals surface area contributed by atoms with E-state index in [0.29, 0.717) is 36.4 Å². The molecule has 9 nitrogen and oxygen atoms in total. The first kappa shape index (κ1) is 24.5. The van der Waals surface area contributed by atoms with Gasteiger partial charge in [0.1, 0.15) is 24.3 Å². The molecule has 0 aromatic heterocycles. The summed E-state index contributed by atoms with van der Waals surface area (Å²) in [5.74, 6) is -0.687. The fourth-order valence-electron chi connectivity index (χ4n) is 4.41. The molecule has 2 aliphatic rings. The van der Waals surface area contributed by atoms with Gasteiger partial charge in [0.05, 0.1) is 29.8 Å². The molecule has 4 amide bonds. The highest BCUT2D eigenvalue weighted by Gasteiger charge is 2.39. The predicted molar refractivity (Wildman–Crippen MR) is 128 cm³/mol. The summed E-state index contributed by atoms with van der Waals surface area (Å²) in [6, 6.07) is 10.3. The van der Waals surface area contributed by atoms with Crippen molar-refractivity contribution in [2.24, 2.45) is 0 Å². The number of rotatable bonds is 5. The van der Waals surface area contributed by atoms with E-state index in [0.717, 1.165) is 0 Å². The van der Waals surface area contributed by atoms with Gasteiger partial charge in [0.15, 0.2) is 0 Å². The van der Waals surface area contributed by atoms with Gasteiger partial charge in [-0.1, -0.05) is 12.1 Å². The summed E-state index contributed by atoms with van der Waals surface area (Å²) in [5.41, 5.74) is 0.966. The van der Waals surface area contributed by atoms with Crippen LogP contribution in [0.4, 0.5) is 20.6 Å². The second-order valence-electron chi connectivity index (χ2n) is 8.60. The van der Waals surface area contributed by atoms with Crippen LogP contribution in [0.2, 0.25) is 0 Å². The highest BCUT2D eigenvalue weighted by molar-refractivity contribution is 5.99. The lowest BCUT2D eigenvalue weighted by molar-refractivity contribution is -0.130. The van der Waals surface area contributed by atoms with Crippen molar-refractivity contribution in [2.75, 3.05) is 30.8 Å². The maximum absolute atomic E-state index is 13.8. The third-order valence-electron chi connectivity index (χ3n) is 6.17. The minimum Gasteiger partial charge on any atom is -0.490 e. The summed E-state index contributed by atoms with van der Waals surface area (Å²) in [6.07, 6.45) is 0.457. The molecule has 2 aromatic carbocycles. The number of likely N-dealkylation sites (N-methyl/N-ethyl adjacent to an activating group) is 1. The van der Waals surface area contributed by atoms with E-state index in [2.05, 4.69) is 16.0 Å². The van der Waals surface area contributed by atoms with E-state index in [1.54, 1.807) is 42.3 Å². The fourth-order valence-corrected chi connectivity index (χ4v) is 4.41. The molecule has 1 fully saturated rings. The third-order valence-corrected chi connectivity index (χ3v) is 6.17. The highest BCUT2D eigenvalue weighted by Crippen LogP contribution is 2.32. The topological polar surface area (TPSA) is 109 Å². The molecule has 0 radical (unpaired) electrons. The number of urea groups is 1. The Kier molecular flexibility index (Phi) is 7.50. The monoisotopic (exact) mass is 484 g/mol. The fraction of sp³-hybridized carbons (Fsp3) is 0.400. The van der Waals surface area contributed by atoms with Gasteiger partial charge in [0.2, 0.25) is 5.91 Å². The number of carbonyl (C=O) groups excluding carboxylic acids is 3. The maximum Gasteiger partial charge on any atom is 0.319 e. The van der Waals surface area contributed by atoms with Crippen molar-refractivity contribution in [1.29, 1.82) is 0 Å². The Balaban J connectivity index is 1.42. The van der Waals surface area contributed by atoms with Crippen molar-refractivity contribution in [3.05, 3.63) is 53.8 Å². The zero-order valence-electron chi connectivity index (χ0n) is 19.7. The molecule has 0 saturated carbocycles. The lowest BCUT2D eigenvalue weighted by Crippen LogP contribution is -2.53. The zero-order chi connectivity index (χ0) is 24.9. The number of nitrogens with one attached hydrogen (secondary N) is 3. The Morgan fingerprint density at radius 1 is 1.14 bits per heavy atom. The van der Waals surface area contributed by atoms with E-state index < -0.39 is 11.9 Å². The van der Waals surface area contributed by atoms with Gasteiger partial charge in [-0.3, -0.25) is 9.59 Å². The Morgan fingerprint density at radius 3 is 2.71 bits per heavy atom. The molecule has 4 rings (SSSR count). The summed E-state index contributed by atoms with van der Waals surface area (Å²) >= 11 is 0. The first-order valence-electron chi connectivity index (χ1n) is 11.6. The van der Waals surface area contributed by atoms with Crippen molar-refractivity contribution in [3.63, 3.8) is 0 Å². The molecule has 0 spiro atoms. The normalized spacial score (nSPS) is 21.5. The summed E-state index contributed by atoms with van der Waals surface area (Å²) in [7, 11) is 1.72. The molecule has 2 heterocycles. The van der Waals surface area contributed by atoms with Gasteiger partial charge >= 0.3 is 6.03 Å². The molecule has 2 aromatic rings. The van der Waals surface area contributed by atoms with E-state index in [-0.39, 0.29) is 48.7 Å². The van der Waals surface area contributed by atoms with Crippen LogP contribution in [0.1, 0.15) is 36.5 Å². The first-order chi connectivity index (χ1) is 16.9.